The smallest absolute Gasteiger partial charge is 0.224 e. The van der Waals surface area contributed by atoms with Crippen molar-refractivity contribution in [3.63, 3.8) is 0 Å². The van der Waals surface area contributed by atoms with Gasteiger partial charge in [0.15, 0.2) is 9.84 Å². The monoisotopic (exact) mass is 399 g/mol. The number of halogens is 1. The summed E-state index contributed by atoms with van der Waals surface area (Å²) in [4.78, 5) is 0.0120. The molecule has 0 atom stereocenters. The molecule has 0 N–H and O–H groups in total. The zero-order chi connectivity index (χ0) is 15.0. The second-order valence-electron chi connectivity index (χ2n) is 4.38. The van der Waals surface area contributed by atoms with Crippen LogP contribution in [0.1, 0.15) is 0 Å². The third-order valence-electron chi connectivity index (χ3n) is 2.92. The first kappa shape index (κ1) is 16.3. The van der Waals surface area contributed by atoms with Crippen molar-refractivity contribution in [3.8, 4) is 0 Å². The predicted molar refractivity (Wildman–Crippen MR) is 83.3 cm³/mol. The SMILES string of the molecule is CS(=O)(=O)c1ccc(Br)c(S(=O)(=O)N2CCSCC2)c1. The summed E-state index contributed by atoms with van der Waals surface area (Å²) in [6.07, 6.45) is 1.06. The summed E-state index contributed by atoms with van der Waals surface area (Å²) in [5.41, 5.74) is 0. The van der Waals surface area contributed by atoms with E-state index in [1.165, 1.54) is 22.5 Å². The summed E-state index contributed by atoms with van der Waals surface area (Å²) in [5, 5.41) is 0. The van der Waals surface area contributed by atoms with Crippen LogP contribution in [0.5, 0.6) is 0 Å². The molecule has 0 unspecified atom stereocenters. The van der Waals surface area contributed by atoms with Crippen LogP contribution in [0.15, 0.2) is 32.5 Å². The lowest BCUT2D eigenvalue weighted by atomic mass is 10.4. The second kappa shape index (κ2) is 5.96. The molecule has 1 fully saturated rings. The summed E-state index contributed by atoms with van der Waals surface area (Å²) >= 11 is 4.90. The van der Waals surface area contributed by atoms with E-state index in [0.717, 1.165) is 17.8 Å². The van der Waals surface area contributed by atoms with Gasteiger partial charge in [0.2, 0.25) is 10.0 Å². The molecule has 0 amide bonds. The molecule has 5 nitrogen and oxygen atoms in total. The van der Waals surface area contributed by atoms with Crippen LogP contribution in [0, 0.1) is 0 Å². The fourth-order valence-corrected chi connectivity index (χ4v) is 6.09. The Morgan fingerprint density at radius 1 is 1.15 bits per heavy atom. The summed E-state index contributed by atoms with van der Waals surface area (Å²) in [6.45, 7) is 0.894. The second-order valence-corrected chi connectivity index (χ2v) is 10.4. The summed E-state index contributed by atoms with van der Waals surface area (Å²) in [7, 11) is -7.11. The maximum Gasteiger partial charge on any atom is 0.244 e. The molecular weight excluding hydrogens is 386 g/mol. The lowest BCUT2D eigenvalue weighted by Gasteiger charge is -2.26. The highest BCUT2D eigenvalue weighted by Crippen LogP contribution is 2.29. The molecular formula is C11H14BrNO4S3. The predicted octanol–water partition coefficient (Wildman–Crippen LogP) is 1.59. The van der Waals surface area contributed by atoms with Gasteiger partial charge in [-0.05, 0) is 34.1 Å². The Morgan fingerprint density at radius 3 is 2.30 bits per heavy atom. The average molecular weight is 400 g/mol. The van der Waals surface area contributed by atoms with Gasteiger partial charge < -0.3 is 0 Å². The number of sulfonamides is 1. The van der Waals surface area contributed by atoms with Gasteiger partial charge in [0.1, 0.15) is 0 Å². The third-order valence-corrected chi connectivity index (χ3v) is 7.86. The van der Waals surface area contributed by atoms with Crippen molar-refractivity contribution < 1.29 is 16.8 Å². The molecule has 1 heterocycles. The molecule has 1 saturated heterocycles. The first-order chi connectivity index (χ1) is 9.23. The van der Waals surface area contributed by atoms with Gasteiger partial charge in [-0.25, -0.2) is 16.8 Å². The Kier molecular flexibility index (Phi) is 4.85. The minimum absolute atomic E-state index is 0.00524. The van der Waals surface area contributed by atoms with Gasteiger partial charge >= 0.3 is 0 Å². The maximum atomic E-state index is 12.6. The summed E-state index contributed by atoms with van der Waals surface area (Å²) < 4.78 is 50.1. The quantitative estimate of drug-likeness (QED) is 0.771. The zero-order valence-electron chi connectivity index (χ0n) is 10.7. The van der Waals surface area contributed by atoms with Crippen LogP contribution < -0.4 is 0 Å². The van der Waals surface area contributed by atoms with Crippen LogP contribution in [0.3, 0.4) is 0 Å². The van der Waals surface area contributed by atoms with E-state index in [4.69, 9.17) is 0 Å². The molecule has 0 spiro atoms. The molecule has 1 aromatic carbocycles. The van der Waals surface area contributed by atoms with E-state index in [1.807, 2.05) is 0 Å². The highest BCUT2D eigenvalue weighted by atomic mass is 79.9. The molecule has 112 valence electrons. The molecule has 2 rings (SSSR count). The maximum absolute atomic E-state index is 12.6. The van der Waals surface area contributed by atoms with E-state index in [9.17, 15) is 16.8 Å². The van der Waals surface area contributed by atoms with E-state index in [-0.39, 0.29) is 9.79 Å². The van der Waals surface area contributed by atoms with Crippen LogP contribution in [0.4, 0.5) is 0 Å². The van der Waals surface area contributed by atoms with Crippen molar-refractivity contribution in [1.29, 1.82) is 0 Å². The van der Waals surface area contributed by atoms with Crippen LogP contribution >= 0.6 is 27.7 Å². The van der Waals surface area contributed by atoms with Crippen molar-refractivity contribution >= 4 is 47.6 Å². The Morgan fingerprint density at radius 2 is 1.75 bits per heavy atom. The van der Waals surface area contributed by atoms with Crippen molar-refractivity contribution in [2.24, 2.45) is 0 Å². The van der Waals surface area contributed by atoms with Crippen LogP contribution in [-0.4, -0.2) is 52.0 Å². The minimum atomic E-state index is -3.67. The molecule has 0 saturated carbocycles. The number of nitrogens with zero attached hydrogens (tertiary/aromatic N) is 1. The summed E-state index contributed by atoms with van der Waals surface area (Å²) in [6, 6.07) is 4.07. The molecule has 0 aliphatic carbocycles. The van der Waals surface area contributed by atoms with Gasteiger partial charge in [-0.1, -0.05) is 0 Å². The van der Waals surface area contributed by atoms with Crippen molar-refractivity contribution in [3.05, 3.63) is 22.7 Å². The van der Waals surface area contributed by atoms with E-state index in [1.54, 1.807) is 11.8 Å². The van der Waals surface area contributed by atoms with Gasteiger partial charge in [0.05, 0.1) is 9.79 Å². The molecule has 1 aliphatic heterocycles. The number of rotatable bonds is 3. The van der Waals surface area contributed by atoms with Crippen molar-refractivity contribution in [2.45, 2.75) is 9.79 Å². The lowest BCUT2D eigenvalue weighted by molar-refractivity contribution is 0.443. The summed E-state index contributed by atoms with van der Waals surface area (Å²) in [5.74, 6) is 1.51. The minimum Gasteiger partial charge on any atom is -0.224 e. The Hall–Kier alpha value is -0.0900. The topological polar surface area (TPSA) is 71.5 Å². The highest BCUT2D eigenvalue weighted by Gasteiger charge is 2.29. The standard InChI is InChI=1S/C11H14BrNO4S3/c1-19(14,15)9-2-3-10(12)11(8-9)20(16,17)13-4-6-18-7-5-13/h2-3,8H,4-7H2,1H3. The largest absolute Gasteiger partial charge is 0.244 e. The number of hydrogen-bond acceptors (Lipinski definition) is 5. The fourth-order valence-electron chi connectivity index (χ4n) is 1.84. The first-order valence-corrected chi connectivity index (χ1v) is 11.1. The zero-order valence-corrected chi connectivity index (χ0v) is 14.8. The van der Waals surface area contributed by atoms with Gasteiger partial charge in [0.25, 0.3) is 0 Å². The molecule has 20 heavy (non-hydrogen) atoms. The van der Waals surface area contributed by atoms with E-state index in [2.05, 4.69) is 15.9 Å². The number of sulfone groups is 1. The van der Waals surface area contributed by atoms with E-state index in [0.29, 0.717) is 17.6 Å². The Labute approximate surface area is 131 Å². The highest BCUT2D eigenvalue weighted by molar-refractivity contribution is 9.10. The van der Waals surface area contributed by atoms with Gasteiger partial charge in [-0.2, -0.15) is 16.1 Å². The normalized spacial score (nSPS) is 18.1. The number of thioether (sulfide) groups is 1. The fraction of sp³-hybridized carbons (Fsp3) is 0.455. The van der Waals surface area contributed by atoms with Gasteiger partial charge in [-0.15, -0.1) is 0 Å². The van der Waals surface area contributed by atoms with Gasteiger partial charge in [0, 0.05) is 35.3 Å². The lowest BCUT2D eigenvalue weighted by Crippen LogP contribution is -2.38. The Bertz CT molecular complexity index is 709. The molecule has 0 aromatic heterocycles. The van der Waals surface area contributed by atoms with Gasteiger partial charge in [-0.3, -0.25) is 0 Å². The number of hydrogen-bond donors (Lipinski definition) is 0. The molecule has 1 aliphatic rings. The first-order valence-electron chi connectivity index (χ1n) is 5.80. The average Bonchev–Trinajstić information content (AvgIpc) is 2.38. The number of benzene rings is 1. The van der Waals surface area contributed by atoms with E-state index >= 15 is 0 Å². The molecule has 1 aromatic rings. The van der Waals surface area contributed by atoms with Crippen LogP contribution in [0.2, 0.25) is 0 Å². The van der Waals surface area contributed by atoms with E-state index < -0.39 is 19.9 Å². The third kappa shape index (κ3) is 3.38. The molecule has 9 heteroatoms. The van der Waals surface area contributed by atoms with Crippen molar-refractivity contribution in [1.82, 2.24) is 4.31 Å². The molecule has 0 bridgehead atoms. The van der Waals surface area contributed by atoms with Crippen molar-refractivity contribution in [2.75, 3.05) is 30.9 Å². The Balaban J connectivity index is 2.50. The molecule has 0 radical (unpaired) electrons. The van der Waals surface area contributed by atoms with Crippen LogP contribution in [-0.2, 0) is 19.9 Å². The van der Waals surface area contributed by atoms with Crippen LogP contribution in [0.25, 0.3) is 0 Å².